The maximum absolute atomic E-state index is 12.0. The lowest BCUT2D eigenvalue weighted by Gasteiger charge is -2.33. The summed E-state index contributed by atoms with van der Waals surface area (Å²) in [6.07, 6.45) is 8.97. The Bertz CT molecular complexity index is 271. The maximum Gasteiger partial charge on any atom is 0.234 e. The lowest BCUT2D eigenvalue weighted by Crippen LogP contribution is -2.45. The molecule has 0 aromatic heterocycles. The SMILES string of the molecule is CCN(CC(=O)NC[C@@H]1CCCO1)C1CCCCC1. The Morgan fingerprint density at radius 2 is 2.00 bits per heavy atom. The topological polar surface area (TPSA) is 41.6 Å². The van der Waals surface area contributed by atoms with Gasteiger partial charge in [0.15, 0.2) is 0 Å². The van der Waals surface area contributed by atoms with Gasteiger partial charge in [-0.25, -0.2) is 0 Å². The third-order valence-electron chi connectivity index (χ3n) is 4.39. The summed E-state index contributed by atoms with van der Waals surface area (Å²) in [4.78, 5) is 14.3. The lowest BCUT2D eigenvalue weighted by atomic mass is 9.94. The highest BCUT2D eigenvalue weighted by Crippen LogP contribution is 2.22. The number of hydrogen-bond acceptors (Lipinski definition) is 3. The van der Waals surface area contributed by atoms with Crippen molar-refractivity contribution in [3.8, 4) is 0 Å². The van der Waals surface area contributed by atoms with Crippen molar-refractivity contribution in [1.29, 1.82) is 0 Å². The average Bonchev–Trinajstić information content (AvgIpc) is 2.97. The maximum atomic E-state index is 12.0. The van der Waals surface area contributed by atoms with E-state index in [0.717, 1.165) is 26.0 Å². The number of nitrogens with zero attached hydrogens (tertiary/aromatic N) is 1. The highest BCUT2D eigenvalue weighted by Gasteiger charge is 2.22. The zero-order chi connectivity index (χ0) is 13.5. The van der Waals surface area contributed by atoms with Crippen molar-refractivity contribution in [2.45, 2.75) is 64.0 Å². The first kappa shape index (κ1) is 14.8. The molecule has 0 bridgehead atoms. The second-order valence-electron chi connectivity index (χ2n) is 5.79. The van der Waals surface area contributed by atoms with Crippen LogP contribution in [0.5, 0.6) is 0 Å². The predicted octanol–water partition coefficient (Wildman–Crippen LogP) is 1.94. The van der Waals surface area contributed by atoms with Crippen molar-refractivity contribution in [2.24, 2.45) is 0 Å². The minimum atomic E-state index is 0.155. The monoisotopic (exact) mass is 268 g/mol. The number of likely N-dealkylation sites (N-methyl/N-ethyl adjacent to an activating group) is 1. The molecule has 0 aromatic carbocycles. The summed E-state index contributed by atoms with van der Waals surface area (Å²) in [7, 11) is 0. The number of nitrogens with one attached hydrogen (secondary N) is 1. The molecule has 19 heavy (non-hydrogen) atoms. The van der Waals surface area contributed by atoms with Crippen molar-refractivity contribution in [1.82, 2.24) is 10.2 Å². The zero-order valence-electron chi connectivity index (χ0n) is 12.2. The van der Waals surface area contributed by atoms with Crippen molar-refractivity contribution >= 4 is 5.91 Å². The molecule has 4 nitrogen and oxygen atoms in total. The van der Waals surface area contributed by atoms with Gasteiger partial charge in [0, 0.05) is 19.2 Å². The third kappa shape index (κ3) is 4.77. The summed E-state index contributed by atoms with van der Waals surface area (Å²) in [5.74, 6) is 0.155. The van der Waals surface area contributed by atoms with Gasteiger partial charge < -0.3 is 10.1 Å². The summed E-state index contributed by atoms with van der Waals surface area (Å²) in [5.41, 5.74) is 0. The van der Waals surface area contributed by atoms with E-state index in [1.165, 1.54) is 32.1 Å². The third-order valence-corrected chi connectivity index (χ3v) is 4.39. The molecule has 2 aliphatic rings. The fourth-order valence-electron chi connectivity index (χ4n) is 3.22. The van der Waals surface area contributed by atoms with E-state index in [1.54, 1.807) is 0 Å². The predicted molar refractivity (Wildman–Crippen MR) is 76.1 cm³/mol. The molecule has 1 aliphatic heterocycles. The first-order valence-electron chi connectivity index (χ1n) is 7.92. The van der Waals surface area contributed by atoms with Gasteiger partial charge in [-0.3, -0.25) is 9.69 Å². The minimum absolute atomic E-state index is 0.155. The zero-order valence-corrected chi connectivity index (χ0v) is 12.2. The minimum Gasteiger partial charge on any atom is -0.376 e. The molecule has 1 heterocycles. The Hall–Kier alpha value is -0.610. The first-order chi connectivity index (χ1) is 9.29. The van der Waals surface area contributed by atoms with Gasteiger partial charge in [0.05, 0.1) is 12.6 Å². The molecule has 4 heteroatoms. The molecular weight excluding hydrogens is 240 g/mol. The van der Waals surface area contributed by atoms with E-state index in [1.807, 2.05) is 0 Å². The Balaban J connectivity index is 1.69. The van der Waals surface area contributed by atoms with Gasteiger partial charge in [0.1, 0.15) is 0 Å². The van der Waals surface area contributed by atoms with Gasteiger partial charge in [0.2, 0.25) is 5.91 Å². The number of amides is 1. The van der Waals surface area contributed by atoms with E-state index in [2.05, 4.69) is 17.1 Å². The molecule has 1 atom stereocenters. The molecule has 0 aromatic rings. The smallest absolute Gasteiger partial charge is 0.234 e. The van der Waals surface area contributed by atoms with Crippen LogP contribution in [-0.2, 0) is 9.53 Å². The number of ether oxygens (including phenoxy) is 1. The number of hydrogen-bond donors (Lipinski definition) is 1. The van der Waals surface area contributed by atoms with E-state index in [4.69, 9.17) is 4.74 Å². The highest BCUT2D eigenvalue weighted by atomic mass is 16.5. The van der Waals surface area contributed by atoms with Gasteiger partial charge in [0.25, 0.3) is 0 Å². The van der Waals surface area contributed by atoms with Crippen LogP contribution < -0.4 is 5.32 Å². The average molecular weight is 268 g/mol. The molecule has 110 valence electrons. The number of rotatable bonds is 6. The van der Waals surface area contributed by atoms with Crippen LogP contribution >= 0.6 is 0 Å². The lowest BCUT2D eigenvalue weighted by molar-refractivity contribution is -0.123. The molecule has 0 radical (unpaired) electrons. The van der Waals surface area contributed by atoms with Gasteiger partial charge in [-0.05, 0) is 32.2 Å². The van der Waals surface area contributed by atoms with Gasteiger partial charge >= 0.3 is 0 Å². The molecule has 1 saturated carbocycles. The first-order valence-corrected chi connectivity index (χ1v) is 7.92. The Morgan fingerprint density at radius 3 is 2.63 bits per heavy atom. The molecule has 1 saturated heterocycles. The van der Waals surface area contributed by atoms with Crippen LogP contribution in [-0.4, -0.2) is 49.2 Å². The normalized spacial score (nSPS) is 24.8. The Morgan fingerprint density at radius 1 is 1.21 bits per heavy atom. The highest BCUT2D eigenvalue weighted by molar-refractivity contribution is 5.78. The van der Waals surface area contributed by atoms with Crippen molar-refractivity contribution in [3.63, 3.8) is 0 Å². The molecular formula is C15H28N2O2. The molecule has 1 N–H and O–H groups in total. The van der Waals surface area contributed by atoms with Crippen LogP contribution in [0.25, 0.3) is 0 Å². The Labute approximate surface area is 116 Å². The van der Waals surface area contributed by atoms with Gasteiger partial charge in [-0.2, -0.15) is 0 Å². The molecule has 2 fully saturated rings. The van der Waals surface area contributed by atoms with E-state index in [0.29, 0.717) is 19.1 Å². The summed E-state index contributed by atoms with van der Waals surface area (Å²) >= 11 is 0. The van der Waals surface area contributed by atoms with Crippen molar-refractivity contribution in [2.75, 3.05) is 26.2 Å². The molecule has 1 aliphatic carbocycles. The largest absolute Gasteiger partial charge is 0.376 e. The number of carbonyl (C=O) groups is 1. The van der Waals surface area contributed by atoms with Crippen molar-refractivity contribution < 1.29 is 9.53 Å². The second-order valence-corrected chi connectivity index (χ2v) is 5.79. The van der Waals surface area contributed by atoms with Crippen LogP contribution in [0.4, 0.5) is 0 Å². The van der Waals surface area contributed by atoms with Crippen LogP contribution in [0.1, 0.15) is 51.9 Å². The summed E-state index contributed by atoms with van der Waals surface area (Å²) < 4.78 is 5.52. The van der Waals surface area contributed by atoms with Gasteiger partial charge in [-0.1, -0.05) is 26.2 Å². The summed E-state index contributed by atoms with van der Waals surface area (Å²) in [5, 5.41) is 3.02. The summed E-state index contributed by atoms with van der Waals surface area (Å²) in [6.45, 7) is 5.21. The summed E-state index contributed by atoms with van der Waals surface area (Å²) in [6, 6.07) is 0.618. The fraction of sp³-hybridized carbons (Fsp3) is 0.933. The molecule has 1 amide bonds. The second kappa shape index (κ2) is 7.85. The van der Waals surface area contributed by atoms with Gasteiger partial charge in [-0.15, -0.1) is 0 Å². The Kier molecular flexibility index (Phi) is 6.11. The quantitative estimate of drug-likeness (QED) is 0.800. The fourth-order valence-corrected chi connectivity index (χ4v) is 3.22. The molecule has 0 unspecified atom stereocenters. The molecule has 0 spiro atoms. The van der Waals surface area contributed by atoms with Crippen LogP contribution in [0, 0.1) is 0 Å². The van der Waals surface area contributed by atoms with E-state index >= 15 is 0 Å². The molecule has 2 rings (SSSR count). The standard InChI is InChI=1S/C15H28N2O2/c1-2-17(13-7-4-3-5-8-13)12-15(18)16-11-14-9-6-10-19-14/h13-14H,2-12H2,1H3,(H,16,18)/t14-/m0/s1. The van der Waals surface area contributed by atoms with E-state index < -0.39 is 0 Å². The number of carbonyl (C=O) groups excluding carboxylic acids is 1. The van der Waals surface area contributed by atoms with Crippen LogP contribution in [0.15, 0.2) is 0 Å². The van der Waals surface area contributed by atoms with E-state index in [9.17, 15) is 4.79 Å². The van der Waals surface area contributed by atoms with Crippen molar-refractivity contribution in [3.05, 3.63) is 0 Å². The van der Waals surface area contributed by atoms with Crippen LogP contribution in [0.3, 0.4) is 0 Å². The van der Waals surface area contributed by atoms with E-state index in [-0.39, 0.29) is 12.0 Å². The van der Waals surface area contributed by atoms with Crippen LogP contribution in [0.2, 0.25) is 0 Å².